The van der Waals surface area contributed by atoms with Gasteiger partial charge in [0.15, 0.2) is 0 Å². The van der Waals surface area contributed by atoms with Gasteiger partial charge in [-0.05, 0) is 32.1 Å². The third-order valence-corrected chi connectivity index (χ3v) is 5.90. The summed E-state index contributed by atoms with van der Waals surface area (Å²) in [5, 5.41) is 8.57. The molecule has 1 N–H and O–H groups in total. The molecule has 0 rings (SSSR count). The van der Waals surface area contributed by atoms with Crippen molar-refractivity contribution in [3.8, 4) is 0 Å². The maximum absolute atomic E-state index is 8.57. The second kappa shape index (κ2) is 35.5. The van der Waals surface area contributed by atoms with E-state index in [4.69, 9.17) is 33.5 Å². The average molecular weight is 533 g/mol. The first-order valence-electron chi connectivity index (χ1n) is 15.1. The molecular weight excluding hydrogens is 472 g/mol. The third-order valence-electron chi connectivity index (χ3n) is 5.90. The summed E-state index contributed by atoms with van der Waals surface area (Å²) in [7, 11) is 0. The van der Waals surface area contributed by atoms with Gasteiger partial charge >= 0.3 is 0 Å². The first kappa shape index (κ1) is 36.5. The number of aliphatic hydroxyl groups is 1. The van der Waals surface area contributed by atoms with Crippen LogP contribution in [0.25, 0.3) is 0 Å². The lowest BCUT2D eigenvalue weighted by atomic mass is 10.1. The molecule has 0 saturated carbocycles. The Balaban J connectivity index is 3.05. The molecule has 0 aliphatic rings. The van der Waals surface area contributed by atoms with E-state index in [2.05, 4.69) is 19.1 Å². The Hall–Kier alpha value is -0.540. The lowest BCUT2D eigenvalue weighted by Gasteiger charge is -2.08. The van der Waals surface area contributed by atoms with Gasteiger partial charge in [0.05, 0.1) is 79.3 Å². The predicted octanol–water partition coefficient (Wildman–Crippen LogP) is 6.12. The molecule has 0 amide bonds. The van der Waals surface area contributed by atoms with Gasteiger partial charge in [0.2, 0.25) is 0 Å². The van der Waals surface area contributed by atoms with Crippen LogP contribution in [-0.4, -0.2) is 91.0 Å². The monoisotopic (exact) mass is 532 g/mol. The second-order valence-corrected chi connectivity index (χ2v) is 9.34. The SMILES string of the molecule is CCCCCCCC/C=C\CCCCCCCCOCCOCCOCCOCCOCCOCCO. The van der Waals surface area contributed by atoms with E-state index in [1.807, 2.05) is 0 Å². The smallest absolute Gasteiger partial charge is 0.0701 e. The zero-order valence-corrected chi connectivity index (χ0v) is 24.1. The summed E-state index contributed by atoms with van der Waals surface area (Å²) in [6, 6.07) is 0. The molecule has 0 bridgehead atoms. The van der Waals surface area contributed by atoms with Crippen LogP contribution >= 0.6 is 0 Å². The van der Waals surface area contributed by atoms with Crippen LogP contribution in [0.15, 0.2) is 12.2 Å². The molecule has 0 aromatic rings. The summed E-state index contributed by atoms with van der Waals surface area (Å²) < 4.78 is 32.5. The zero-order chi connectivity index (χ0) is 26.7. The van der Waals surface area contributed by atoms with E-state index in [1.165, 1.54) is 83.5 Å². The van der Waals surface area contributed by atoms with Gasteiger partial charge in [0.25, 0.3) is 0 Å². The van der Waals surface area contributed by atoms with Crippen molar-refractivity contribution in [2.75, 3.05) is 85.9 Å². The Morgan fingerprint density at radius 2 is 0.703 bits per heavy atom. The molecule has 37 heavy (non-hydrogen) atoms. The molecule has 0 aromatic heterocycles. The van der Waals surface area contributed by atoms with Gasteiger partial charge in [0.1, 0.15) is 0 Å². The summed E-state index contributed by atoms with van der Waals surface area (Å²) in [4.78, 5) is 0. The van der Waals surface area contributed by atoms with E-state index in [0.717, 1.165) is 13.0 Å². The summed E-state index contributed by atoms with van der Waals surface area (Å²) in [6.45, 7) is 9.08. The van der Waals surface area contributed by atoms with Crippen LogP contribution in [0.4, 0.5) is 0 Å². The van der Waals surface area contributed by atoms with Crippen LogP contribution in [0.3, 0.4) is 0 Å². The molecule has 0 spiro atoms. The Kier molecular flexibility index (Phi) is 34.9. The molecule has 0 aliphatic heterocycles. The molecule has 7 heteroatoms. The fraction of sp³-hybridized carbons (Fsp3) is 0.933. The maximum Gasteiger partial charge on any atom is 0.0701 e. The van der Waals surface area contributed by atoms with Gasteiger partial charge in [0, 0.05) is 6.61 Å². The molecule has 0 aliphatic carbocycles. The predicted molar refractivity (Wildman–Crippen MR) is 151 cm³/mol. The van der Waals surface area contributed by atoms with E-state index in [-0.39, 0.29) is 6.61 Å². The fourth-order valence-electron chi connectivity index (χ4n) is 3.72. The van der Waals surface area contributed by atoms with Crippen molar-refractivity contribution < 1.29 is 33.5 Å². The zero-order valence-electron chi connectivity index (χ0n) is 24.1. The average Bonchev–Trinajstić information content (AvgIpc) is 2.91. The minimum atomic E-state index is 0.0419. The fourth-order valence-corrected chi connectivity index (χ4v) is 3.72. The minimum Gasteiger partial charge on any atom is -0.394 e. The van der Waals surface area contributed by atoms with Crippen molar-refractivity contribution >= 4 is 0 Å². The molecule has 0 saturated heterocycles. The molecule has 7 nitrogen and oxygen atoms in total. The van der Waals surface area contributed by atoms with Gasteiger partial charge in [-0.15, -0.1) is 0 Å². The molecule has 0 fully saturated rings. The number of unbranched alkanes of at least 4 members (excludes halogenated alkanes) is 12. The van der Waals surface area contributed by atoms with Crippen molar-refractivity contribution in [3.63, 3.8) is 0 Å². The first-order valence-corrected chi connectivity index (χ1v) is 15.1. The minimum absolute atomic E-state index is 0.0419. The van der Waals surface area contributed by atoms with E-state index in [1.54, 1.807) is 0 Å². The quantitative estimate of drug-likeness (QED) is 0.0806. The van der Waals surface area contributed by atoms with Crippen LogP contribution in [-0.2, 0) is 28.4 Å². The molecular formula is C30H60O7. The highest BCUT2D eigenvalue weighted by Crippen LogP contribution is 2.10. The van der Waals surface area contributed by atoms with Crippen molar-refractivity contribution in [3.05, 3.63) is 12.2 Å². The molecule has 222 valence electrons. The molecule has 0 heterocycles. The van der Waals surface area contributed by atoms with E-state index < -0.39 is 0 Å². The number of allylic oxidation sites excluding steroid dienone is 2. The second-order valence-electron chi connectivity index (χ2n) is 9.34. The Morgan fingerprint density at radius 1 is 0.378 bits per heavy atom. The molecule has 0 atom stereocenters. The summed E-state index contributed by atoms with van der Waals surface area (Å²) in [6.07, 6.45) is 23.4. The van der Waals surface area contributed by atoms with Crippen LogP contribution in [0, 0.1) is 0 Å². The highest BCUT2D eigenvalue weighted by atomic mass is 16.6. The maximum atomic E-state index is 8.57. The van der Waals surface area contributed by atoms with E-state index >= 15 is 0 Å². The Morgan fingerprint density at radius 3 is 1.11 bits per heavy atom. The third kappa shape index (κ3) is 35.5. The summed E-state index contributed by atoms with van der Waals surface area (Å²) in [5.41, 5.74) is 0. The highest BCUT2D eigenvalue weighted by Gasteiger charge is 1.95. The lowest BCUT2D eigenvalue weighted by molar-refractivity contribution is -0.0182. The van der Waals surface area contributed by atoms with Crippen molar-refractivity contribution in [2.24, 2.45) is 0 Å². The van der Waals surface area contributed by atoms with E-state index in [9.17, 15) is 0 Å². The molecule has 0 unspecified atom stereocenters. The molecule has 0 aromatic carbocycles. The summed E-state index contributed by atoms with van der Waals surface area (Å²) in [5.74, 6) is 0. The topological polar surface area (TPSA) is 75.6 Å². The van der Waals surface area contributed by atoms with Crippen LogP contribution in [0.5, 0.6) is 0 Å². The van der Waals surface area contributed by atoms with Gasteiger partial charge in [-0.3, -0.25) is 0 Å². The number of ether oxygens (including phenoxy) is 6. The standard InChI is InChI=1S/C30H60O7/c1-2-3-4-5-6-7-8-9-10-11-12-13-14-15-16-17-19-32-21-23-34-25-27-36-29-30-37-28-26-35-24-22-33-20-18-31/h9-10,31H,2-8,11-30H2,1H3/b10-9-. The number of aliphatic hydroxyl groups excluding tert-OH is 1. The van der Waals surface area contributed by atoms with Gasteiger partial charge in [-0.25, -0.2) is 0 Å². The number of rotatable bonds is 33. The Bertz CT molecular complexity index is 421. The lowest BCUT2D eigenvalue weighted by Crippen LogP contribution is -2.14. The molecule has 0 radical (unpaired) electrons. The summed E-state index contributed by atoms with van der Waals surface area (Å²) >= 11 is 0. The van der Waals surface area contributed by atoms with Crippen LogP contribution < -0.4 is 0 Å². The van der Waals surface area contributed by atoms with Crippen LogP contribution in [0.1, 0.15) is 96.8 Å². The number of hydrogen-bond donors (Lipinski definition) is 1. The van der Waals surface area contributed by atoms with Crippen molar-refractivity contribution in [1.82, 2.24) is 0 Å². The Labute approximate surface area is 228 Å². The first-order chi connectivity index (χ1) is 18.4. The van der Waals surface area contributed by atoms with E-state index in [0.29, 0.717) is 72.7 Å². The van der Waals surface area contributed by atoms with Crippen molar-refractivity contribution in [2.45, 2.75) is 96.8 Å². The largest absolute Gasteiger partial charge is 0.394 e. The number of hydrogen-bond acceptors (Lipinski definition) is 7. The van der Waals surface area contributed by atoms with Gasteiger partial charge in [-0.2, -0.15) is 0 Å². The normalized spacial score (nSPS) is 11.7. The van der Waals surface area contributed by atoms with Gasteiger partial charge < -0.3 is 33.5 Å². The highest BCUT2D eigenvalue weighted by molar-refractivity contribution is 4.81. The van der Waals surface area contributed by atoms with Crippen molar-refractivity contribution in [1.29, 1.82) is 0 Å². The van der Waals surface area contributed by atoms with Crippen LogP contribution in [0.2, 0.25) is 0 Å². The van der Waals surface area contributed by atoms with Gasteiger partial charge in [-0.1, -0.05) is 76.9 Å².